The quantitative estimate of drug-likeness (QED) is 0.747. The molecule has 0 bridgehead atoms. The fourth-order valence-electron chi connectivity index (χ4n) is 1.79. The van der Waals surface area contributed by atoms with Crippen molar-refractivity contribution in [3.05, 3.63) is 0 Å². The van der Waals surface area contributed by atoms with Gasteiger partial charge < -0.3 is 14.9 Å². The zero-order valence-electron chi connectivity index (χ0n) is 9.98. The molecule has 0 aliphatic heterocycles. The predicted octanol–water partition coefficient (Wildman–Crippen LogP) is 1.39. The third kappa shape index (κ3) is 3.40. The predicted molar refractivity (Wildman–Crippen MR) is 60.3 cm³/mol. The fourth-order valence-corrected chi connectivity index (χ4v) is 1.79. The second-order valence-electron chi connectivity index (χ2n) is 4.12. The van der Waals surface area contributed by atoms with Crippen LogP contribution < -0.4 is 0 Å². The summed E-state index contributed by atoms with van der Waals surface area (Å²) >= 11 is 0. The Labute approximate surface area is 96.0 Å². The van der Waals surface area contributed by atoms with E-state index in [9.17, 15) is 9.59 Å². The van der Waals surface area contributed by atoms with Crippen LogP contribution in [0.25, 0.3) is 0 Å². The van der Waals surface area contributed by atoms with Crippen LogP contribution in [0.1, 0.15) is 33.1 Å². The van der Waals surface area contributed by atoms with Gasteiger partial charge in [-0.15, -0.1) is 0 Å². The van der Waals surface area contributed by atoms with Gasteiger partial charge in [0.15, 0.2) is 0 Å². The molecule has 1 N–H and O–H groups in total. The maximum absolute atomic E-state index is 12.1. The second kappa shape index (κ2) is 5.72. The number of hydrogen-bond donors (Lipinski definition) is 1. The van der Waals surface area contributed by atoms with Gasteiger partial charge in [-0.1, -0.05) is 6.92 Å². The molecule has 1 fully saturated rings. The molecule has 2 amide bonds. The molecule has 5 heteroatoms. The summed E-state index contributed by atoms with van der Waals surface area (Å²) < 4.78 is 0. The lowest BCUT2D eigenvalue weighted by atomic mass is 10.4. The van der Waals surface area contributed by atoms with Crippen LogP contribution in [0, 0.1) is 0 Å². The Morgan fingerprint density at radius 3 is 2.31 bits per heavy atom. The van der Waals surface area contributed by atoms with E-state index in [2.05, 4.69) is 0 Å². The van der Waals surface area contributed by atoms with E-state index >= 15 is 0 Å². The monoisotopic (exact) mass is 228 g/mol. The van der Waals surface area contributed by atoms with Crippen molar-refractivity contribution >= 4 is 12.0 Å². The number of carboxylic acid groups (broad SMARTS) is 1. The van der Waals surface area contributed by atoms with Crippen LogP contribution in [0.4, 0.5) is 4.79 Å². The van der Waals surface area contributed by atoms with Gasteiger partial charge in [-0.3, -0.25) is 4.79 Å². The number of amides is 2. The molecule has 0 unspecified atom stereocenters. The Morgan fingerprint density at radius 2 is 1.94 bits per heavy atom. The lowest BCUT2D eigenvalue weighted by Crippen LogP contribution is -2.46. The summed E-state index contributed by atoms with van der Waals surface area (Å²) in [5.74, 6) is -0.950. The summed E-state index contributed by atoms with van der Waals surface area (Å²) in [6.45, 7) is 4.84. The highest BCUT2D eigenvalue weighted by Crippen LogP contribution is 2.27. The number of carbonyl (C=O) groups is 2. The lowest BCUT2D eigenvalue weighted by molar-refractivity contribution is -0.137. The van der Waals surface area contributed by atoms with Crippen LogP contribution in [0.3, 0.4) is 0 Å². The Kier molecular flexibility index (Phi) is 4.58. The highest BCUT2D eigenvalue weighted by molar-refractivity contribution is 5.80. The molecule has 0 spiro atoms. The molecule has 1 rings (SSSR count). The minimum atomic E-state index is -0.950. The molecular weight excluding hydrogens is 208 g/mol. The molecule has 5 nitrogen and oxygen atoms in total. The van der Waals surface area contributed by atoms with Crippen molar-refractivity contribution < 1.29 is 14.7 Å². The number of aliphatic carboxylic acids is 1. The van der Waals surface area contributed by atoms with E-state index in [1.165, 1.54) is 4.90 Å². The summed E-state index contributed by atoms with van der Waals surface area (Å²) in [4.78, 5) is 25.9. The Bertz CT molecular complexity index is 264. The highest BCUT2D eigenvalue weighted by atomic mass is 16.4. The number of urea groups is 1. The summed E-state index contributed by atoms with van der Waals surface area (Å²) in [6, 6.07) is 0.208. The number of carbonyl (C=O) groups excluding carboxylic acids is 1. The number of rotatable bonds is 6. The van der Waals surface area contributed by atoms with Crippen molar-refractivity contribution in [1.29, 1.82) is 0 Å². The lowest BCUT2D eigenvalue weighted by Gasteiger charge is -2.28. The molecule has 92 valence electrons. The van der Waals surface area contributed by atoms with Crippen molar-refractivity contribution in [2.45, 2.75) is 39.2 Å². The molecule has 0 aromatic rings. The zero-order chi connectivity index (χ0) is 12.1. The summed E-state index contributed by atoms with van der Waals surface area (Å²) in [7, 11) is 0. The molecule has 1 aliphatic rings. The van der Waals surface area contributed by atoms with E-state index in [4.69, 9.17) is 5.11 Å². The SMILES string of the molecule is CCCN(CC(=O)O)C(=O)N(CC)C1CC1. The maximum Gasteiger partial charge on any atom is 0.323 e. The Morgan fingerprint density at radius 1 is 1.31 bits per heavy atom. The molecule has 0 atom stereocenters. The molecule has 1 saturated carbocycles. The smallest absolute Gasteiger partial charge is 0.323 e. The van der Waals surface area contributed by atoms with Gasteiger partial charge in [0, 0.05) is 19.1 Å². The normalized spacial score (nSPS) is 14.6. The van der Waals surface area contributed by atoms with Gasteiger partial charge in [-0.05, 0) is 26.2 Å². The average molecular weight is 228 g/mol. The summed E-state index contributed by atoms with van der Waals surface area (Å²) in [5, 5.41) is 8.76. The van der Waals surface area contributed by atoms with Gasteiger partial charge in [0.2, 0.25) is 0 Å². The first-order valence-corrected chi connectivity index (χ1v) is 5.87. The van der Waals surface area contributed by atoms with E-state index < -0.39 is 5.97 Å². The van der Waals surface area contributed by atoms with E-state index in [0.29, 0.717) is 19.1 Å². The maximum atomic E-state index is 12.1. The fraction of sp³-hybridized carbons (Fsp3) is 0.818. The summed E-state index contributed by atoms with van der Waals surface area (Å²) in [6.07, 6.45) is 2.88. The van der Waals surface area contributed by atoms with Gasteiger partial charge in [-0.25, -0.2) is 4.79 Å². The van der Waals surface area contributed by atoms with Crippen LogP contribution in [0.5, 0.6) is 0 Å². The molecule has 0 aromatic heterocycles. The first-order chi connectivity index (χ1) is 7.60. The number of nitrogens with zero attached hydrogens (tertiary/aromatic N) is 2. The van der Waals surface area contributed by atoms with Crippen molar-refractivity contribution in [2.24, 2.45) is 0 Å². The third-order valence-electron chi connectivity index (χ3n) is 2.66. The second-order valence-corrected chi connectivity index (χ2v) is 4.12. The van der Waals surface area contributed by atoms with Crippen molar-refractivity contribution in [2.75, 3.05) is 19.6 Å². The number of hydrogen-bond acceptors (Lipinski definition) is 2. The Balaban J connectivity index is 2.60. The van der Waals surface area contributed by atoms with Crippen molar-refractivity contribution in [1.82, 2.24) is 9.80 Å². The largest absolute Gasteiger partial charge is 0.480 e. The van der Waals surface area contributed by atoms with Gasteiger partial charge in [0.05, 0.1) is 0 Å². The van der Waals surface area contributed by atoms with E-state index in [1.54, 1.807) is 4.90 Å². The van der Waals surface area contributed by atoms with Crippen molar-refractivity contribution in [3.8, 4) is 0 Å². The number of carboxylic acids is 1. The molecule has 0 aromatic carbocycles. The third-order valence-corrected chi connectivity index (χ3v) is 2.66. The minimum absolute atomic E-state index is 0.130. The molecule has 16 heavy (non-hydrogen) atoms. The van der Waals surface area contributed by atoms with Crippen LogP contribution in [0.2, 0.25) is 0 Å². The van der Waals surface area contributed by atoms with Gasteiger partial charge in [-0.2, -0.15) is 0 Å². The van der Waals surface area contributed by atoms with Crippen LogP contribution in [-0.4, -0.2) is 52.6 Å². The first-order valence-electron chi connectivity index (χ1n) is 5.87. The van der Waals surface area contributed by atoms with Crippen LogP contribution >= 0.6 is 0 Å². The topological polar surface area (TPSA) is 60.9 Å². The zero-order valence-corrected chi connectivity index (χ0v) is 9.98. The molecule has 0 heterocycles. The highest BCUT2D eigenvalue weighted by Gasteiger charge is 2.33. The average Bonchev–Trinajstić information content (AvgIpc) is 3.01. The van der Waals surface area contributed by atoms with E-state index in [0.717, 1.165) is 19.3 Å². The first kappa shape index (κ1) is 12.8. The van der Waals surface area contributed by atoms with Gasteiger partial charge in [0.1, 0.15) is 6.54 Å². The van der Waals surface area contributed by atoms with Crippen LogP contribution in [0.15, 0.2) is 0 Å². The minimum Gasteiger partial charge on any atom is -0.480 e. The molecule has 1 aliphatic carbocycles. The standard InChI is InChI=1S/C11H20N2O3/c1-3-7-12(8-10(14)15)11(16)13(4-2)9-5-6-9/h9H,3-8H2,1-2H3,(H,14,15). The van der Waals surface area contributed by atoms with Crippen molar-refractivity contribution in [3.63, 3.8) is 0 Å². The van der Waals surface area contributed by atoms with E-state index in [1.807, 2.05) is 13.8 Å². The summed E-state index contributed by atoms with van der Waals surface area (Å²) in [5.41, 5.74) is 0. The molecule has 0 saturated heterocycles. The van der Waals surface area contributed by atoms with Gasteiger partial charge in [0.25, 0.3) is 0 Å². The Hall–Kier alpha value is -1.26. The molecule has 0 radical (unpaired) electrons. The van der Waals surface area contributed by atoms with E-state index in [-0.39, 0.29) is 12.6 Å². The van der Waals surface area contributed by atoms with Crippen LogP contribution in [-0.2, 0) is 4.79 Å². The van der Waals surface area contributed by atoms with Gasteiger partial charge >= 0.3 is 12.0 Å². The molecular formula is C11H20N2O3.